The molecule has 0 aliphatic rings. The van der Waals surface area contributed by atoms with Crippen LogP contribution >= 0.6 is 0 Å². The van der Waals surface area contributed by atoms with E-state index in [2.05, 4.69) is 0 Å². The van der Waals surface area contributed by atoms with Crippen LogP contribution in [-0.4, -0.2) is 32.9 Å². The van der Waals surface area contributed by atoms with Crippen LogP contribution in [0.1, 0.15) is 27.2 Å². The highest BCUT2D eigenvalue weighted by Gasteiger charge is 2.37. The van der Waals surface area contributed by atoms with Gasteiger partial charge in [0.05, 0.1) is 0 Å². The lowest BCUT2D eigenvalue weighted by atomic mass is 9.85. The molecule has 0 aliphatic heterocycles. The molecule has 0 saturated carbocycles. The van der Waals surface area contributed by atoms with Gasteiger partial charge in [-0.3, -0.25) is 0 Å². The quantitative estimate of drug-likeness (QED) is 0.593. The van der Waals surface area contributed by atoms with Crippen LogP contribution in [0.4, 0.5) is 0 Å². The summed E-state index contributed by atoms with van der Waals surface area (Å²) in [6.45, 7) is 4.22. The number of hydrogen-bond acceptors (Lipinski definition) is 3. The smallest absolute Gasteiger partial charge is 0.335 e. The van der Waals surface area contributed by atoms with E-state index in [1.165, 1.54) is 13.0 Å². The monoisotopic (exact) mass is 216 g/mol. The molecular weight excluding hydrogens is 200 g/mol. The summed E-state index contributed by atoms with van der Waals surface area (Å²) in [5, 5.41) is 27.0. The van der Waals surface area contributed by atoms with Gasteiger partial charge in [0, 0.05) is 5.57 Å². The van der Waals surface area contributed by atoms with Crippen molar-refractivity contribution < 1.29 is 24.9 Å². The molecular formula is C10H16O5. The van der Waals surface area contributed by atoms with Gasteiger partial charge in [0.2, 0.25) is 0 Å². The number of carbonyl (C=O) groups is 2. The Morgan fingerprint density at radius 2 is 1.87 bits per heavy atom. The van der Waals surface area contributed by atoms with Crippen molar-refractivity contribution in [2.45, 2.75) is 32.8 Å². The molecule has 0 bridgehead atoms. The maximum atomic E-state index is 10.7. The molecule has 3 N–H and O–H groups in total. The molecule has 0 amide bonds. The standard InChI is InChI=1S/C10H16O5/c1-4-7(8(11)12)5-6(2)10(3,15)9(13)14/h4,6,15H,5H2,1-3H3,(H,11,12)(H,13,14)/b7-4-/t6?,10-/m1/s1. The summed E-state index contributed by atoms with van der Waals surface area (Å²) in [5.41, 5.74) is -1.81. The third kappa shape index (κ3) is 3.36. The molecule has 0 aromatic heterocycles. The SMILES string of the molecule is C/C=C(/CC(C)[C@@](C)(O)C(=O)O)C(=O)O. The Labute approximate surface area is 88.0 Å². The summed E-state index contributed by atoms with van der Waals surface area (Å²) < 4.78 is 0. The van der Waals surface area contributed by atoms with E-state index in [9.17, 15) is 14.7 Å². The maximum absolute atomic E-state index is 10.7. The van der Waals surface area contributed by atoms with Gasteiger partial charge in [0.25, 0.3) is 0 Å². The van der Waals surface area contributed by atoms with E-state index < -0.39 is 23.5 Å². The van der Waals surface area contributed by atoms with Crippen molar-refractivity contribution in [1.29, 1.82) is 0 Å². The van der Waals surface area contributed by atoms with Gasteiger partial charge >= 0.3 is 11.9 Å². The average molecular weight is 216 g/mol. The van der Waals surface area contributed by atoms with Gasteiger partial charge in [-0.2, -0.15) is 0 Å². The van der Waals surface area contributed by atoms with Crippen LogP contribution in [0.25, 0.3) is 0 Å². The fourth-order valence-corrected chi connectivity index (χ4v) is 1.07. The molecule has 0 aromatic carbocycles. The van der Waals surface area contributed by atoms with E-state index in [1.807, 2.05) is 0 Å². The third-order valence-electron chi connectivity index (χ3n) is 2.54. The highest BCUT2D eigenvalue weighted by Crippen LogP contribution is 2.24. The lowest BCUT2D eigenvalue weighted by Gasteiger charge is -2.25. The Bertz CT molecular complexity index is 290. The molecule has 86 valence electrons. The van der Waals surface area contributed by atoms with Crippen molar-refractivity contribution in [3.63, 3.8) is 0 Å². The van der Waals surface area contributed by atoms with Crippen LogP contribution in [0.15, 0.2) is 11.6 Å². The van der Waals surface area contributed by atoms with Gasteiger partial charge in [0.15, 0.2) is 5.60 Å². The summed E-state index contributed by atoms with van der Waals surface area (Å²) in [7, 11) is 0. The minimum Gasteiger partial charge on any atom is -0.479 e. The van der Waals surface area contributed by atoms with E-state index >= 15 is 0 Å². The van der Waals surface area contributed by atoms with Crippen LogP contribution in [0.5, 0.6) is 0 Å². The van der Waals surface area contributed by atoms with Crippen molar-refractivity contribution in [2.75, 3.05) is 0 Å². The Balaban J connectivity index is 4.69. The average Bonchev–Trinajstić information content (AvgIpc) is 2.12. The fourth-order valence-electron chi connectivity index (χ4n) is 1.07. The van der Waals surface area contributed by atoms with Crippen LogP contribution in [0, 0.1) is 5.92 Å². The Hall–Kier alpha value is -1.36. The predicted octanol–water partition coefficient (Wildman–Crippen LogP) is 0.879. The van der Waals surface area contributed by atoms with E-state index in [-0.39, 0.29) is 12.0 Å². The minimum atomic E-state index is -1.91. The van der Waals surface area contributed by atoms with Crippen LogP contribution < -0.4 is 0 Å². The second-order valence-corrected chi connectivity index (χ2v) is 3.68. The first kappa shape index (κ1) is 13.6. The highest BCUT2D eigenvalue weighted by atomic mass is 16.4. The Morgan fingerprint density at radius 1 is 1.40 bits per heavy atom. The number of allylic oxidation sites excluding steroid dienone is 1. The largest absolute Gasteiger partial charge is 0.479 e. The van der Waals surface area contributed by atoms with E-state index in [0.29, 0.717) is 0 Å². The van der Waals surface area contributed by atoms with Crippen LogP contribution in [-0.2, 0) is 9.59 Å². The maximum Gasteiger partial charge on any atom is 0.335 e. The van der Waals surface area contributed by atoms with Gasteiger partial charge in [-0.25, -0.2) is 9.59 Å². The summed E-state index contributed by atoms with van der Waals surface area (Å²) >= 11 is 0. The number of hydrogen-bond donors (Lipinski definition) is 3. The number of aliphatic carboxylic acids is 2. The molecule has 0 radical (unpaired) electrons. The molecule has 2 atom stereocenters. The van der Waals surface area contributed by atoms with Gasteiger partial charge in [0.1, 0.15) is 0 Å². The zero-order valence-electron chi connectivity index (χ0n) is 9.02. The lowest BCUT2D eigenvalue weighted by molar-refractivity contribution is -0.162. The Kier molecular flexibility index (Phi) is 4.48. The second-order valence-electron chi connectivity index (χ2n) is 3.68. The summed E-state index contributed by atoms with van der Waals surface area (Å²) in [4.78, 5) is 21.4. The zero-order valence-corrected chi connectivity index (χ0v) is 9.02. The fraction of sp³-hybridized carbons (Fsp3) is 0.600. The first-order chi connectivity index (χ1) is 6.73. The number of carboxylic acid groups (broad SMARTS) is 2. The van der Waals surface area contributed by atoms with Gasteiger partial charge < -0.3 is 15.3 Å². The van der Waals surface area contributed by atoms with Gasteiger partial charge in [-0.15, -0.1) is 0 Å². The molecule has 0 fully saturated rings. The topological polar surface area (TPSA) is 94.8 Å². The molecule has 1 unspecified atom stereocenters. The van der Waals surface area contributed by atoms with Crippen LogP contribution in [0.3, 0.4) is 0 Å². The first-order valence-corrected chi connectivity index (χ1v) is 4.57. The van der Waals surface area contributed by atoms with Crippen molar-refractivity contribution >= 4 is 11.9 Å². The van der Waals surface area contributed by atoms with Crippen molar-refractivity contribution in [3.8, 4) is 0 Å². The minimum absolute atomic E-state index is 0.0190. The molecule has 0 saturated heterocycles. The molecule has 5 heteroatoms. The summed E-state index contributed by atoms with van der Waals surface area (Å²) in [6.07, 6.45) is 1.42. The Morgan fingerprint density at radius 3 is 2.13 bits per heavy atom. The zero-order chi connectivity index (χ0) is 12.2. The predicted molar refractivity (Wildman–Crippen MR) is 53.4 cm³/mol. The van der Waals surface area contributed by atoms with Crippen molar-refractivity contribution in [2.24, 2.45) is 5.92 Å². The van der Waals surface area contributed by atoms with E-state index in [0.717, 1.165) is 6.92 Å². The number of rotatable bonds is 5. The molecule has 0 spiro atoms. The number of carboxylic acids is 2. The highest BCUT2D eigenvalue weighted by molar-refractivity contribution is 5.86. The normalized spacial score (nSPS) is 18.0. The number of aliphatic hydroxyl groups is 1. The van der Waals surface area contributed by atoms with E-state index in [4.69, 9.17) is 10.2 Å². The molecule has 5 nitrogen and oxygen atoms in total. The molecule has 0 rings (SSSR count). The molecule has 0 heterocycles. The van der Waals surface area contributed by atoms with Crippen molar-refractivity contribution in [1.82, 2.24) is 0 Å². The van der Waals surface area contributed by atoms with Crippen LogP contribution in [0.2, 0.25) is 0 Å². The summed E-state index contributed by atoms with van der Waals surface area (Å²) in [5.74, 6) is -3.11. The van der Waals surface area contributed by atoms with Gasteiger partial charge in [-0.05, 0) is 26.2 Å². The van der Waals surface area contributed by atoms with Gasteiger partial charge in [-0.1, -0.05) is 13.0 Å². The molecule has 0 aliphatic carbocycles. The van der Waals surface area contributed by atoms with E-state index in [1.54, 1.807) is 6.92 Å². The third-order valence-corrected chi connectivity index (χ3v) is 2.54. The molecule has 0 aromatic rings. The first-order valence-electron chi connectivity index (χ1n) is 4.57. The summed E-state index contributed by atoms with van der Waals surface area (Å²) in [6, 6.07) is 0. The molecule has 15 heavy (non-hydrogen) atoms. The lowest BCUT2D eigenvalue weighted by Crippen LogP contribution is -2.42. The second kappa shape index (κ2) is 4.93. The van der Waals surface area contributed by atoms with Crippen molar-refractivity contribution in [3.05, 3.63) is 11.6 Å².